The third-order valence-electron chi connectivity index (χ3n) is 3.62. The van der Waals surface area contributed by atoms with Crippen LogP contribution in [0.2, 0.25) is 0 Å². The Balaban J connectivity index is 1.98. The maximum absolute atomic E-state index is 3.69. The summed E-state index contributed by atoms with van der Waals surface area (Å²) in [6.07, 6.45) is 4.55. The van der Waals surface area contributed by atoms with E-state index >= 15 is 0 Å². The number of rotatable bonds is 8. The second kappa shape index (κ2) is 8.23. The van der Waals surface area contributed by atoms with E-state index in [0.29, 0.717) is 6.04 Å². The molecule has 0 amide bonds. The van der Waals surface area contributed by atoms with Crippen molar-refractivity contribution in [2.75, 3.05) is 6.54 Å². The summed E-state index contributed by atoms with van der Waals surface area (Å²) in [5, 5.41) is 5.86. The standard InChI is InChI=1S/C18H25NS/c1-3-11-19-17(14-18-6-5-12-20-18)13-16-9-7-15(4-2)8-10-16/h5-10,12,17,19H,3-4,11,13-14H2,1-2H3. The van der Waals surface area contributed by atoms with Gasteiger partial charge in [0, 0.05) is 10.9 Å². The fraction of sp³-hybridized carbons (Fsp3) is 0.444. The molecule has 0 fully saturated rings. The second-order valence-corrected chi connectivity index (χ2v) is 6.34. The zero-order chi connectivity index (χ0) is 14.2. The zero-order valence-electron chi connectivity index (χ0n) is 12.6. The van der Waals surface area contributed by atoms with Gasteiger partial charge < -0.3 is 5.32 Å². The molecule has 2 aromatic rings. The zero-order valence-corrected chi connectivity index (χ0v) is 13.4. The summed E-state index contributed by atoms with van der Waals surface area (Å²) in [5.74, 6) is 0. The van der Waals surface area contributed by atoms with Gasteiger partial charge in [0.25, 0.3) is 0 Å². The van der Waals surface area contributed by atoms with Crippen LogP contribution >= 0.6 is 11.3 Å². The van der Waals surface area contributed by atoms with Gasteiger partial charge in [-0.3, -0.25) is 0 Å². The van der Waals surface area contributed by atoms with E-state index in [0.717, 1.165) is 25.8 Å². The molecule has 20 heavy (non-hydrogen) atoms. The van der Waals surface area contributed by atoms with Crippen molar-refractivity contribution in [3.8, 4) is 0 Å². The maximum atomic E-state index is 3.69. The summed E-state index contributed by atoms with van der Waals surface area (Å²) in [7, 11) is 0. The first-order valence-electron chi connectivity index (χ1n) is 7.65. The minimum Gasteiger partial charge on any atom is -0.313 e. The van der Waals surface area contributed by atoms with Crippen LogP contribution in [0.3, 0.4) is 0 Å². The number of benzene rings is 1. The van der Waals surface area contributed by atoms with Crippen LogP contribution in [0.15, 0.2) is 41.8 Å². The summed E-state index contributed by atoms with van der Waals surface area (Å²) >= 11 is 1.86. The predicted molar refractivity (Wildman–Crippen MR) is 89.6 cm³/mol. The van der Waals surface area contributed by atoms with Crippen molar-refractivity contribution in [1.82, 2.24) is 5.32 Å². The van der Waals surface area contributed by atoms with Crippen LogP contribution in [-0.4, -0.2) is 12.6 Å². The van der Waals surface area contributed by atoms with Gasteiger partial charge in [0.05, 0.1) is 0 Å². The van der Waals surface area contributed by atoms with E-state index in [-0.39, 0.29) is 0 Å². The number of aryl methyl sites for hydroxylation is 1. The average molecular weight is 287 g/mol. The van der Waals surface area contributed by atoms with Gasteiger partial charge >= 0.3 is 0 Å². The van der Waals surface area contributed by atoms with Crippen molar-refractivity contribution in [3.05, 3.63) is 57.8 Å². The van der Waals surface area contributed by atoms with Gasteiger partial charge in [0.2, 0.25) is 0 Å². The summed E-state index contributed by atoms with van der Waals surface area (Å²) in [4.78, 5) is 1.48. The first kappa shape index (κ1) is 15.3. The van der Waals surface area contributed by atoms with E-state index in [2.05, 4.69) is 60.9 Å². The van der Waals surface area contributed by atoms with Crippen molar-refractivity contribution in [3.63, 3.8) is 0 Å². The highest BCUT2D eigenvalue weighted by Crippen LogP contribution is 2.15. The highest BCUT2D eigenvalue weighted by Gasteiger charge is 2.10. The number of thiophene rings is 1. The molecular weight excluding hydrogens is 262 g/mol. The third-order valence-corrected chi connectivity index (χ3v) is 4.52. The minimum absolute atomic E-state index is 0.543. The van der Waals surface area contributed by atoms with Crippen molar-refractivity contribution in [2.45, 2.75) is 45.6 Å². The summed E-state index contributed by atoms with van der Waals surface area (Å²) in [5.41, 5.74) is 2.86. The monoisotopic (exact) mass is 287 g/mol. The van der Waals surface area contributed by atoms with Crippen molar-refractivity contribution in [2.24, 2.45) is 0 Å². The molecular formula is C18H25NS. The van der Waals surface area contributed by atoms with Crippen molar-refractivity contribution < 1.29 is 0 Å². The molecule has 1 unspecified atom stereocenters. The molecule has 0 saturated carbocycles. The lowest BCUT2D eigenvalue weighted by molar-refractivity contribution is 0.507. The Morgan fingerprint density at radius 2 is 1.75 bits per heavy atom. The summed E-state index contributed by atoms with van der Waals surface area (Å²) < 4.78 is 0. The third kappa shape index (κ3) is 4.77. The van der Waals surface area contributed by atoms with E-state index < -0.39 is 0 Å². The number of hydrogen-bond donors (Lipinski definition) is 1. The highest BCUT2D eigenvalue weighted by atomic mass is 32.1. The van der Waals surface area contributed by atoms with E-state index in [9.17, 15) is 0 Å². The summed E-state index contributed by atoms with van der Waals surface area (Å²) in [6, 6.07) is 14.0. The largest absolute Gasteiger partial charge is 0.313 e. The van der Waals surface area contributed by atoms with Crippen LogP contribution in [0, 0.1) is 0 Å². The van der Waals surface area contributed by atoms with Gasteiger partial charge in [-0.15, -0.1) is 11.3 Å². The molecule has 0 bridgehead atoms. The lowest BCUT2D eigenvalue weighted by Crippen LogP contribution is -2.33. The van der Waals surface area contributed by atoms with Crippen LogP contribution in [0.25, 0.3) is 0 Å². The Morgan fingerprint density at radius 1 is 1.00 bits per heavy atom. The molecule has 1 nitrogen and oxygen atoms in total. The average Bonchev–Trinajstić information content (AvgIpc) is 2.98. The van der Waals surface area contributed by atoms with Crippen LogP contribution < -0.4 is 5.32 Å². The van der Waals surface area contributed by atoms with Crippen LogP contribution in [0.1, 0.15) is 36.3 Å². The molecule has 0 aliphatic heterocycles. The lowest BCUT2D eigenvalue weighted by Gasteiger charge is -2.18. The lowest BCUT2D eigenvalue weighted by atomic mass is 10.0. The highest BCUT2D eigenvalue weighted by molar-refractivity contribution is 7.09. The smallest absolute Gasteiger partial charge is 0.0156 e. The Kier molecular flexibility index (Phi) is 6.28. The van der Waals surface area contributed by atoms with Crippen LogP contribution in [0.5, 0.6) is 0 Å². The Morgan fingerprint density at radius 3 is 2.35 bits per heavy atom. The van der Waals surface area contributed by atoms with E-state index in [4.69, 9.17) is 0 Å². The minimum atomic E-state index is 0.543. The molecule has 1 atom stereocenters. The molecule has 0 spiro atoms. The van der Waals surface area contributed by atoms with E-state index in [1.54, 1.807) is 0 Å². The van der Waals surface area contributed by atoms with Crippen LogP contribution in [-0.2, 0) is 19.3 Å². The molecule has 108 valence electrons. The number of nitrogens with one attached hydrogen (secondary N) is 1. The predicted octanol–water partition coefficient (Wildman–Crippen LogP) is 4.46. The van der Waals surface area contributed by atoms with Gasteiger partial charge in [-0.2, -0.15) is 0 Å². The van der Waals surface area contributed by atoms with Gasteiger partial charge in [-0.05, 0) is 54.8 Å². The van der Waals surface area contributed by atoms with E-state index in [1.807, 2.05) is 11.3 Å². The SMILES string of the molecule is CCCNC(Cc1ccc(CC)cc1)Cc1cccs1. The summed E-state index contributed by atoms with van der Waals surface area (Å²) in [6.45, 7) is 5.53. The fourth-order valence-corrected chi connectivity index (χ4v) is 3.22. The van der Waals surface area contributed by atoms with Crippen molar-refractivity contribution >= 4 is 11.3 Å². The Hall–Kier alpha value is -1.12. The normalized spacial score (nSPS) is 12.5. The van der Waals surface area contributed by atoms with E-state index in [1.165, 1.54) is 22.4 Å². The molecule has 1 aromatic carbocycles. The van der Waals surface area contributed by atoms with Gasteiger partial charge in [0.15, 0.2) is 0 Å². The molecule has 1 N–H and O–H groups in total. The topological polar surface area (TPSA) is 12.0 Å². The molecule has 1 aromatic heterocycles. The molecule has 0 radical (unpaired) electrons. The first-order valence-corrected chi connectivity index (χ1v) is 8.53. The fourth-order valence-electron chi connectivity index (χ4n) is 2.43. The van der Waals surface area contributed by atoms with Crippen molar-refractivity contribution in [1.29, 1.82) is 0 Å². The molecule has 2 rings (SSSR count). The number of hydrogen-bond acceptors (Lipinski definition) is 2. The first-order chi connectivity index (χ1) is 9.81. The quantitative estimate of drug-likeness (QED) is 0.755. The molecule has 1 heterocycles. The van der Waals surface area contributed by atoms with Gasteiger partial charge in [-0.25, -0.2) is 0 Å². The second-order valence-electron chi connectivity index (χ2n) is 5.31. The van der Waals surface area contributed by atoms with Crippen LogP contribution in [0.4, 0.5) is 0 Å². The Bertz CT molecular complexity index is 473. The molecule has 2 heteroatoms. The maximum Gasteiger partial charge on any atom is 0.0156 e. The van der Waals surface area contributed by atoms with Gasteiger partial charge in [0.1, 0.15) is 0 Å². The molecule has 0 aliphatic rings. The molecule has 0 saturated heterocycles. The molecule has 0 aliphatic carbocycles. The Labute approximate surface area is 127 Å². The van der Waals surface area contributed by atoms with Gasteiger partial charge in [-0.1, -0.05) is 44.2 Å².